The Morgan fingerprint density at radius 1 is 1.60 bits per heavy atom. The van der Waals surface area contributed by atoms with Crippen molar-refractivity contribution < 1.29 is 4.39 Å². The van der Waals surface area contributed by atoms with Crippen LogP contribution in [-0.4, -0.2) is 7.05 Å². The van der Waals surface area contributed by atoms with Gasteiger partial charge in [-0.2, -0.15) is 0 Å². The molecule has 0 aliphatic carbocycles. The van der Waals surface area contributed by atoms with Crippen LogP contribution in [0, 0.1) is 18.2 Å². The minimum Gasteiger partial charge on any atom is -0.313 e. The number of hydrogen-bond donors (Lipinski definition) is 1. The lowest BCUT2D eigenvalue weighted by Crippen LogP contribution is -2.16. The predicted molar refractivity (Wildman–Crippen MR) is 64.0 cm³/mol. The maximum atomic E-state index is 13.1. The van der Waals surface area contributed by atoms with Crippen LogP contribution in [0.5, 0.6) is 0 Å². The van der Waals surface area contributed by atoms with Gasteiger partial charge in [0.2, 0.25) is 0 Å². The van der Waals surface area contributed by atoms with Crippen LogP contribution in [-0.2, 0) is 0 Å². The molecule has 3 heteroatoms. The fraction of sp³-hybridized carbons (Fsp3) is 0.333. The third-order valence-corrected chi connectivity index (χ3v) is 2.98. The van der Waals surface area contributed by atoms with Gasteiger partial charge in [-0.15, -0.1) is 12.3 Å². The molecule has 1 nitrogen and oxygen atoms in total. The molecular formula is C12H13BrFN. The molecule has 1 unspecified atom stereocenters. The van der Waals surface area contributed by atoms with E-state index in [0.717, 1.165) is 16.5 Å². The molecule has 0 aliphatic rings. The molecule has 0 radical (unpaired) electrons. The quantitative estimate of drug-likeness (QED) is 0.828. The first-order chi connectivity index (χ1) is 7.19. The number of halogens is 2. The van der Waals surface area contributed by atoms with Crippen molar-refractivity contribution in [2.45, 2.75) is 18.9 Å². The Hall–Kier alpha value is -0.850. The molecular weight excluding hydrogens is 257 g/mol. The van der Waals surface area contributed by atoms with Crippen LogP contribution < -0.4 is 5.32 Å². The highest BCUT2D eigenvalue weighted by Crippen LogP contribution is 2.26. The number of hydrogen-bond acceptors (Lipinski definition) is 1. The van der Waals surface area contributed by atoms with Gasteiger partial charge in [0.25, 0.3) is 0 Å². The molecule has 0 fully saturated rings. The Morgan fingerprint density at radius 2 is 2.33 bits per heavy atom. The van der Waals surface area contributed by atoms with E-state index < -0.39 is 0 Å². The summed E-state index contributed by atoms with van der Waals surface area (Å²) < 4.78 is 14.0. The third kappa shape index (κ3) is 3.33. The number of benzene rings is 1. The molecule has 1 rings (SSSR count). The van der Waals surface area contributed by atoms with E-state index in [4.69, 9.17) is 6.42 Å². The SMILES string of the molecule is C#CCCC(NC)c1cc(F)ccc1Br. The predicted octanol–water partition coefficient (Wildman–Crippen LogP) is 3.26. The highest BCUT2D eigenvalue weighted by atomic mass is 79.9. The van der Waals surface area contributed by atoms with Crippen LogP contribution in [0.2, 0.25) is 0 Å². The second kappa shape index (κ2) is 5.89. The first kappa shape index (κ1) is 12.2. The lowest BCUT2D eigenvalue weighted by molar-refractivity contribution is 0.548. The van der Waals surface area contributed by atoms with Crippen LogP contribution in [0.1, 0.15) is 24.4 Å². The normalized spacial score (nSPS) is 12.1. The van der Waals surface area contributed by atoms with Crippen molar-refractivity contribution in [1.82, 2.24) is 5.32 Å². The summed E-state index contributed by atoms with van der Waals surface area (Å²) in [6.07, 6.45) is 6.69. The van der Waals surface area contributed by atoms with E-state index in [9.17, 15) is 4.39 Å². The molecule has 1 aromatic carbocycles. The molecule has 0 spiro atoms. The Bertz CT molecular complexity index is 370. The zero-order valence-corrected chi connectivity index (χ0v) is 10.1. The van der Waals surface area contributed by atoms with Gasteiger partial charge in [-0.05, 0) is 37.2 Å². The van der Waals surface area contributed by atoms with Gasteiger partial charge >= 0.3 is 0 Å². The average Bonchev–Trinajstić information content (AvgIpc) is 2.24. The summed E-state index contributed by atoms with van der Waals surface area (Å²) in [5.74, 6) is 2.36. The van der Waals surface area contributed by atoms with Crippen LogP contribution in [0.3, 0.4) is 0 Å². The van der Waals surface area contributed by atoms with Gasteiger partial charge in [-0.25, -0.2) is 4.39 Å². The van der Waals surface area contributed by atoms with Crippen LogP contribution in [0.15, 0.2) is 22.7 Å². The highest BCUT2D eigenvalue weighted by molar-refractivity contribution is 9.10. The molecule has 1 aromatic rings. The van der Waals surface area contributed by atoms with Crippen molar-refractivity contribution in [2.75, 3.05) is 7.05 Å². The molecule has 0 bridgehead atoms. The summed E-state index contributed by atoms with van der Waals surface area (Å²) >= 11 is 3.41. The molecule has 0 saturated carbocycles. The van der Waals surface area contributed by atoms with Crippen molar-refractivity contribution in [3.05, 3.63) is 34.1 Å². The van der Waals surface area contributed by atoms with Crippen molar-refractivity contribution in [1.29, 1.82) is 0 Å². The molecule has 1 atom stereocenters. The summed E-state index contributed by atoms with van der Waals surface area (Å²) in [5, 5.41) is 3.13. The molecule has 0 amide bonds. The second-order valence-electron chi connectivity index (χ2n) is 3.25. The summed E-state index contributed by atoms with van der Waals surface area (Å²) in [5.41, 5.74) is 0.910. The number of nitrogens with one attached hydrogen (secondary N) is 1. The fourth-order valence-electron chi connectivity index (χ4n) is 1.46. The molecule has 0 heterocycles. The van der Waals surface area contributed by atoms with E-state index >= 15 is 0 Å². The molecule has 0 saturated heterocycles. The summed E-state index contributed by atoms with van der Waals surface area (Å²) in [6, 6.07) is 4.76. The number of terminal acetylenes is 1. The Labute approximate surface area is 98.2 Å². The molecule has 0 aliphatic heterocycles. The Kier molecular flexibility index (Phi) is 4.80. The largest absolute Gasteiger partial charge is 0.313 e. The van der Waals surface area contributed by atoms with Crippen LogP contribution in [0.4, 0.5) is 4.39 Å². The van der Waals surface area contributed by atoms with E-state index in [0.29, 0.717) is 6.42 Å². The second-order valence-corrected chi connectivity index (χ2v) is 4.10. The first-order valence-corrected chi connectivity index (χ1v) is 5.54. The van der Waals surface area contributed by atoms with E-state index in [1.54, 1.807) is 6.07 Å². The zero-order chi connectivity index (χ0) is 11.3. The van der Waals surface area contributed by atoms with Gasteiger partial charge in [-0.3, -0.25) is 0 Å². The molecule has 0 aromatic heterocycles. The Balaban J connectivity index is 2.91. The number of rotatable bonds is 4. The van der Waals surface area contributed by atoms with Crippen molar-refractivity contribution >= 4 is 15.9 Å². The zero-order valence-electron chi connectivity index (χ0n) is 8.56. The topological polar surface area (TPSA) is 12.0 Å². The van der Waals surface area contributed by atoms with E-state index in [2.05, 4.69) is 27.2 Å². The highest BCUT2D eigenvalue weighted by Gasteiger charge is 2.12. The Morgan fingerprint density at radius 3 is 2.93 bits per heavy atom. The lowest BCUT2D eigenvalue weighted by Gasteiger charge is -2.17. The van der Waals surface area contributed by atoms with Crippen LogP contribution in [0.25, 0.3) is 0 Å². The van der Waals surface area contributed by atoms with Gasteiger partial charge in [0, 0.05) is 16.9 Å². The minimum absolute atomic E-state index is 0.0890. The van der Waals surface area contributed by atoms with Gasteiger partial charge in [0.05, 0.1) is 0 Å². The summed E-state index contributed by atoms with van der Waals surface area (Å²) in [4.78, 5) is 0. The average molecular weight is 270 g/mol. The van der Waals surface area contributed by atoms with Crippen molar-refractivity contribution in [2.24, 2.45) is 0 Å². The van der Waals surface area contributed by atoms with Crippen molar-refractivity contribution in [3.63, 3.8) is 0 Å². The smallest absolute Gasteiger partial charge is 0.123 e. The van der Waals surface area contributed by atoms with E-state index in [-0.39, 0.29) is 11.9 Å². The fourth-order valence-corrected chi connectivity index (χ4v) is 1.99. The molecule has 15 heavy (non-hydrogen) atoms. The first-order valence-electron chi connectivity index (χ1n) is 4.74. The van der Waals surface area contributed by atoms with Gasteiger partial charge < -0.3 is 5.32 Å². The van der Waals surface area contributed by atoms with Gasteiger partial charge in [0.1, 0.15) is 5.82 Å². The van der Waals surface area contributed by atoms with E-state index in [1.165, 1.54) is 12.1 Å². The lowest BCUT2D eigenvalue weighted by atomic mass is 10.0. The summed E-state index contributed by atoms with van der Waals surface area (Å²) in [6.45, 7) is 0. The monoisotopic (exact) mass is 269 g/mol. The molecule has 80 valence electrons. The van der Waals surface area contributed by atoms with Crippen LogP contribution >= 0.6 is 15.9 Å². The van der Waals surface area contributed by atoms with Gasteiger partial charge in [0.15, 0.2) is 0 Å². The minimum atomic E-state index is -0.228. The third-order valence-electron chi connectivity index (χ3n) is 2.26. The maximum absolute atomic E-state index is 13.1. The van der Waals surface area contributed by atoms with E-state index in [1.807, 2.05) is 7.05 Å². The maximum Gasteiger partial charge on any atom is 0.123 e. The van der Waals surface area contributed by atoms with Crippen molar-refractivity contribution in [3.8, 4) is 12.3 Å². The van der Waals surface area contributed by atoms with Gasteiger partial charge in [-0.1, -0.05) is 15.9 Å². The summed E-state index contributed by atoms with van der Waals surface area (Å²) in [7, 11) is 1.85. The standard InChI is InChI=1S/C12H13BrFN/c1-3-4-5-12(15-2)10-8-9(14)6-7-11(10)13/h1,6-8,12,15H,4-5H2,2H3. The molecule has 1 N–H and O–H groups in total.